The third kappa shape index (κ3) is 3.59. The molecule has 0 saturated carbocycles. The van der Waals surface area contributed by atoms with Gasteiger partial charge < -0.3 is 9.84 Å². The molecule has 0 heterocycles. The van der Waals surface area contributed by atoms with Crippen molar-refractivity contribution in [2.75, 3.05) is 6.61 Å². The van der Waals surface area contributed by atoms with Crippen LogP contribution in [-0.4, -0.2) is 11.7 Å². The molecule has 0 aliphatic rings. The van der Waals surface area contributed by atoms with Crippen molar-refractivity contribution in [3.05, 3.63) is 64.7 Å². The molecule has 0 aliphatic carbocycles. The van der Waals surface area contributed by atoms with Crippen molar-refractivity contribution in [2.45, 2.75) is 25.4 Å². The largest absolute Gasteiger partial charge is 0.489 e. The van der Waals surface area contributed by atoms with Crippen molar-refractivity contribution >= 4 is 11.6 Å². The average Bonchev–Trinajstić information content (AvgIpc) is 2.53. The number of nitriles is 1. The molecule has 114 valence electrons. The second-order valence-electron chi connectivity index (χ2n) is 5.46. The normalized spacial score (nSPS) is 13.5. The monoisotopic (exact) mass is 315 g/mol. The van der Waals surface area contributed by atoms with Crippen molar-refractivity contribution < 1.29 is 9.84 Å². The second-order valence-corrected chi connectivity index (χ2v) is 5.90. The molecule has 2 aromatic rings. The Hall–Kier alpha value is -2.02. The summed E-state index contributed by atoms with van der Waals surface area (Å²) in [7, 11) is 0. The number of rotatable bonds is 5. The molecule has 0 bridgehead atoms. The third-order valence-electron chi connectivity index (χ3n) is 3.48. The highest BCUT2D eigenvalue weighted by Gasteiger charge is 2.30. The minimum Gasteiger partial charge on any atom is -0.489 e. The first kappa shape index (κ1) is 16.4. The second kappa shape index (κ2) is 6.83. The van der Waals surface area contributed by atoms with Crippen LogP contribution in [0.5, 0.6) is 5.75 Å². The first-order valence-electron chi connectivity index (χ1n) is 7.07. The highest BCUT2D eigenvalue weighted by Crippen LogP contribution is 2.29. The number of hydrogen-bond donors (Lipinski definition) is 1. The summed E-state index contributed by atoms with van der Waals surface area (Å²) in [5, 5.41) is 20.4. The molecule has 4 heteroatoms. The van der Waals surface area contributed by atoms with Gasteiger partial charge in [0.05, 0.1) is 0 Å². The molecule has 22 heavy (non-hydrogen) atoms. The van der Waals surface area contributed by atoms with E-state index in [1.54, 1.807) is 24.3 Å². The molecule has 2 aromatic carbocycles. The standard InChI is InChI=1S/C18H18ClNO2/c1-13(2)16-5-3-4-6-17(16)22-12-18(21,11-20)14-7-9-15(19)10-8-14/h3-10,13,21H,12H2,1-2H3. The molecule has 1 N–H and O–H groups in total. The predicted octanol–water partition coefficient (Wildman–Crippen LogP) is 4.25. The van der Waals surface area contributed by atoms with E-state index in [1.807, 2.05) is 30.3 Å². The quantitative estimate of drug-likeness (QED) is 0.839. The van der Waals surface area contributed by atoms with Gasteiger partial charge in [-0.05, 0) is 29.7 Å². The van der Waals surface area contributed by atoms with Gasteiger partial charge in [-0.25, -0.2) is 0 Å². The van der Waals surface area contributed by atoms with Crippen LogP contribution >= 0.6 is 11.6 Å². The molecule has 2 rings (SSSR count). The fraction of sp³-hybridized carbons (Fsp3) is 0.278. The number of halogens is 1. The van der Waals surface area contributed by atoms with E-state index in [9.17, 15) is 10.4 Å². The molecule has 0 amide bonds. The van der Waals surface area contributed by atoms with E-state index in [4.69, 9.17) is 16.3 Å². The Morgan fingerprint density at radius 2 is 1.82 bits per heavy atom. The zero-order chi connectivity index (χ0) is 16.2. The SMILES string of the molecule is CC(C)c1ccccc1OCC(O)(C#N)c1ccc(Cl)cc1. The van der Waals surface area contributed by atoms with Gasteiger partial charge in [0.1, 0.15) is 18.4 Å². The molecule has 0 radical (unpaired) electrons. The van der Waals surface area contributed by atoms with Crippen LogP contribution < -0.4 is 4.74 Å². The van der Waals surface area contributed by atoms with E-state index >= 15 is 0 Å². The summed E-state index contributed by atoms with van der Waals surface area (Å²) in [5.41, 5.74) is -0.213. The summed E-state index contributed by atoms with van der Waals surface area (Å²) in [6.07, 6.45) is 0. The number of para-hydroxylation sites is 1. The molecule has 0 spiro atoms. The van der Waals surface area contributed by atoms with Gasteiger partial charge in [-0.2, -0.15) is 5.26 Å². The van der Waals surface area contributed by atoms with Crippen molar-refractivity contribution in [3.63, 3.8) is 0 Å². The Bertz CT molecular complexity index is 676. The molecular formula is C18H18ClNO2. The lowest BCUT2D eigenvalue weighted by Gasteiger charge is -2.22. The molecule has 3 nitrogen and oxygen atoms in total. The lowest BCUT2D eigenvalue weighted by Crippen LogP contribution is -2.31. The number of aliphatic hydroxyl groups is 1. The van der Waals surface area contributed by atoms with Crippen LogP contribution in [0.2, 0.25) is 5.02 Å². The number of nitrogens with zero attached hydrogens (tertiary/aromatic N) is 1. The van der Waals surface area contributed by atoms with E-state index in [1.165, 1.54) is 0 Å². The minimum absolute atomic E-state index is 0.144. The van der Waals surface area contributed by atoms with Crippen molar-refractivity contribution in [1.82, 2.24) is 0 Å². The van der Waals surface area contributed by atoms with Gasteiger partial charge in [0, 0.05) is 10.6 Å². The van der Waals surface area contributed by atoms with E-state index in [0.29, 0.717) is 22.3 Å². The van der Waals surface area contributed by atoms with E-state index < -0.39 is 5.60 Å². The smallest absolute Gasteiger partial charge is 0.211 e. The Kier molecular flexibility index (Phi) is 5.07. The average molecular weight is 316 g/mol. The molecule has 0 aliphatic heterocycles. The van der Waals surface area contributed by atoms with Crippen LogP contribution in [-0.2, 0) is 5.60 Å². The summed E-state index contributed by atoms with van der Waals surface area (Å²) >= 11 is 5.84. The summed E-state index contributed by atoms with van der Waals surface area (Å²) < 4.78 is 5.73. The Labute approximate surface area is 135 Å². The van der Waals surface area contributed by atoms with Gasteiger partial charge in [-0.3, -0.25) is 0 Å². The molecule has 0 saturated heterocycles. The van der Waals surface area contributed by atoms with Gasteiger partial charge >= 0.3 is 0 Å². The maximum absolute atomic E-state index is 10.5. The van der Waals surface area contributed by atoms with Crippen molar-refractivity contribution in [1.29, 1.82) is 5.26 Å². The zero-order valence-electron chi connectivity index (χ0n) is 12.6. The molecular weight excluding hydrogens is 298 g/mol. The first-order chi connectivity index (χ1) is 10.5. The molecule has 1 atom stereocenters. The number of ether oxygens (including phenoxy) is 1. The lowest BCUT2D eigenvalue weighted by molar-refractivity contribution is 0.0413. The lowest BCUT2D eigenvalue weighted by atomic mass is 9.96. The van der Waals surface area contributed by atoms with Gasteiger partial charge in [0.2, 0.25) is 5.60 Å². The summed E-state index contributed by atoms with van der Waals surface area (Å²) in [6.45, 7) is 3.99. The maximum atomic E-state index is 10.5. The number of benzene rings is 2. The van der Waals surface area contributed by atoms with E-state index in [0.717, 1.165) is 5.56 Å². The zero-order valence-corrected chi connectivity index (χ0v) is 13.3. The van der Waals surface area contributed by atoms with Crippen LogP contribution in [0.1, 0.15) is 30.9 Å². The Morgan fingerprint density at radius 3 is 2.41 bits per heavy atom. The van der Waals surface area contributed by atoms with Crippen molar-refractivity contribution in [3.8, 4) is 11.8 Å². The molecule has 1 unspecified atom stereocenters. The fourth-order valence-electron chi connectivity index (χ4n) is 2.18. The summed E-state index contributed by atoms with van der Waals surface area (Å²) in [6, 6.07) is 16.1. The highest BCUT2D eigenvalue weighted by molar-refractivity contribution is 6.30. The van der Waals surface area contributed by atoms with Gasteiger partial charge in [0.15, 0.2) is 0 Å². The number of hydrogen-bond acceptors (Lipinski definition) is 3. The highest BCUT2D eigenvalue weighted by atomic mass is 35.5. The van der Waals surface area contributed by atoms with Crippen LogP contribution in [0.4, 0.5) is 0 Å². The summed E-state index contributed by atoms with van der Waals surface area (Å²) in [4.78, 5) is 0. The first-order valence-corrected chi connectivity index (χ1v) is 7.45. The third-order valence-corrected chi connectivity index (χ3v) is 3.74. The van der Waals surface area contributed by atoms with E-state index in [2.05, 4.69) is 13.8 Å². The van der Waals surface area contributed by atoms with Gasteiger partial charge in [-0.15, -0.1) is 0 Å². The molecule has 0 fully saturated rings. The maximum Gasteiger partial charge on any atom is 0.211 e. The summed E-state index contributed by atoms with van der Waals surface area (Å²) in [5.74, 6) is 0.974. The molecule has 0 aromatic heterocycles. The Morgan fingerprint density at radius 1 is 1.18 bits per heavy atom. The van der Waals surface area contributed by atoms with Crippen LogP contribution in [0.3, 0.4) is 0 Å². The fourth-order valence-corrected chi connectivity index (χ4v) is 2.30. The predicted molar refractivity (Wildman–Crippen MR) is 87.0 cm³/mol. The van der Waals surface area contributed by atoms with Gasteiger partial charge in [0.25, 0.3) is 0 Å². The van der Waals surface area contributed by atoms with Crippen LogP contribution in [0, 0.1) is 11.3 Å². The topological polar surface area (TPSA) is 53.2 Å². The minimum atomic E-state index is -1.71. The van der Waals surface area contributed by atoms with Crippen molar-refractivity contribution in [2.24, 2.45) is 0 Å². The van der Waals surface area contributed by atoms with Gasteiger partial charge in [-0.1, -0.05) is 55.8 Å². The van der Waals surface area contributed by atoms with Crippen LogP contribution in [0.15, 0.2) is 48.5 Å². The Balaban J connectivity index is 2.21. The van der Waals surface area contributed by atoms with E-state index in [-0.39, 0.29) is 6.61 Å². The van der Waals surface area contributed by atoms with Crippen LogP contribution in [0.25, 0.3) is 0 Å².